The molecule has 2 rings (SSSR count). The van der Waals surface area contributed by atoms with Crippen molar-refractivity contribution in [3.8, 4) is 11.4 Å². The highest BCUT2D eigenvalue weighted by Crippen LogP contribution is 2.22. The van der Waals surface area contributed by atoms with E-state index in [2.05, 4.69) is 20.3 Å². The van der Waals surface area contributed by atoms with E-state index in [0.717, 1.165) is 5.69 Å². The fourth-order valence-electron chi connectivity index (χ4n) is 1.01. The van der Waals surface area contributed by atoms with Crippen LogP contribution >= 0.6 is 11.6 Å². The van der Waals surface area contributed by atoms with Gasteiger partial charge in [0.1, 0.15) is 17.7 Å². The molecule has 5 nitrogen and oxygen atoms in total. The molecule has 0 amide bonds. The smallest absolute Gasteiger partial charge is 0.116 e. The molecule has 0 radical (unpaired) electrons. The molecule has 2 aromatic heterocycles. The summed E-state index contributed by atoms with van der Waals surface area (Å²) in [4.78, 5) is 7.83. The molecule has 0 saturated carbocycles. The second-order valence-corrected chi connectivity index (χ2v) is 2.87. The van der Waals surface area contributed by atoms with Crippen molar-refractivity contribution < 1.29 is 0 Å². The lowest BCUT2D eigenvalue weighted by molar-refractivity contribution is 0.719. The molecule has 0 aromatic carbocycles. The first-order chi connectivity index (χ1) is 6.29. The summed E-state index contributed by atoms with van der Waals surface area (Å²) in [5, 5.41) is 8.01. The first-order valence-electron chi connectivity index (χ1n) is 3.59. The fraction of sp³-hybridized carbons (Fsp3) is 0.143. The van der Waals surface area contributed by atoms with Crippen LogP contribution in [-0.4, -0.2) is 25.0 Å². The van der Waals surface area contributed by atoms with Gasteiger partial charge in [-0.1, -0.05) is 16.8 Å². The molecule has 0 unspecified atom stereocenters. The van der Waals surface area contributed by atoms with Crippen LogP contribution < -0.4 is 0 Å². The Hall–Kier alpha value is -1.49. The minimum absolute atomic E-state index is 0.493. The highest BCUT2D eigenvalue weighted by molar-refractivity contribution is 6.32. The quantitative estimate of drug-likeness (QED) is 0.679. The molecular weight excluding hydrogens is 190 g/mol. The first-order valence-corrected chi connectivity index (χ1v) is 3.97. The molecule has 0 fully saturated rings. The van der Waals surface area contributed by atoms with Crippen LogP contribution in [0.3, 0.4) is 0 Å². The molecule has 0 aliphatic heterocycles. The average molecular weight is 196 g/mol. The SMILES string of the molecule is Cn1nncc1-c1ncncc1Cl. The van der Waals surface area contributed by atoms with Crippen LogP contribution in [0.2, 0.25) is 5.02 Å². The van der Waals surface area contributed by atoms with E-state index >= 15 is 0 Å². The molecule has 6 heteroatoms. The van der Waals surface area contributed by atoms with Gasteiger partial charge in [-0.25, -0.2) is 14.6 Å². The van der Waals surface area contributed by atoms with Gasteiger partial charge in [-0.3, -0.25) is 0 Å². The van der Waals surface area contributed by atoms with Crippen molar-refractivity contribution in [2.24, 2.45) is 7.05 Å². The van der Waals surface area contributed by atoms with Gasteiger partial charge >= 0.3 is 0 Å². The zero-order chi connectivity index (χ0) is 9.26. The molecule has 13 heavy (non-hydrogen) atoms. The number of hydrogen-bond acceptors (Lipinski definition) is 4. The van der Waals surface area contributed by atoms with Gasteiger partial charge in [0, 0.05) is 13.2 Å². The molecule has 0 atom stereocenters. The standard InChI is InChI=1S/C7H6ClN5/c1-13-6(3-11-12-13)7-5(8)2-9-4-10-7/h2-4H,1H3. The third-order valence-corrected chi connectivity index (χ3v) is 1.90. The van der Waals surface area contributed by atoms with Crippen LogP contribution in [-0.2, 0) is 7.05 Å². The monoisotopic (exact) mass is 195 g/mol. The minimum atomic E-state index is 0.493. The van der Waals surface area contributed by atoms with Crippen LogP contribution in [0.1, 0.15) is 0 Å². The summed E-state index contributed by atoms with van der Waals surface area (Å²) >= 11 is 5.89. The van der Waals surface area contributed by atoms with Crippen molar-refractivity contribution in [2.45, 2.75) is 0 Å². The van der Waals surface area contributed by atoms with Crippen LogP contribution in [0.15, 0.2) is 18.7 Å². The van der Waals surface area contributed by atoms with Gasteiger partial charge in [0.2, 0.25) is 0 Å². The summed E-state index contributed by atoms with van der Waals surface area (Å²) in [6.45, 7) is 0. The van der Waals surface area contributed by atoms with Gasteiger partial charge in [0.25, 0.3) is 0 Å². The summed E-state index contributed by atoms with van der Waals surface area (Å²) in [5.74, 6) is 0. The van der Waals surface area contributed by atoms with Crippen molar-refractivity contribution in [2.75, 3.05) is 0 Å². The van der Waals surface area contributed by atoms with Gasteiger partial charge < -0.3 is 0 Å². The van der Waals surface area contributed by atoms with Gasteiger partial charge in [0.15, 0.2) is 0 Å². The topological polar surface area (TPSA) is 56.5 Å². The van der Waals surface area contributed by atoms with Crippen LogP contribution in [0.4, 0.5) is 0 Å². The van der Waals surface area contributed by atoms with Crippen molar-refractivity contribution in [3.63, 3.8) is 0 Å². The van der Waals surface area contributed by atoms with E-state index in [4.69, 9.17) is 11.6 Å². The predicted octanol–water partition coefficient (Wildman–Crippen LogP) is 0.925. The number of hydrogen-bond donors (Lipinski definition) is 0. The van der Waals surface area contributed by atoms with Gasteiger partial charge in [-0.2, -0.15) is 0 Å². The molecule has 2 heterocycles. The second-order valence-electron chi connectivity index (χ2n) is 2.46. The maximum atomic E-state index is 5.89. The third kappa shape index (κ3) is 1.38. The van der Waals surface area contributed by atoms with E-state index < -0.39 is 0 Å². The largest absolute Gasteiger partial charge is 0.246 e. The van der Waals surface area contributed by atoms with Crippen molar-refractivity contribution >= 4 is 11.6 Å². The van der Waals surface area contributed by atoms with E-state index in [1.807, 2.05) is 0 Å². The Kier molecular flexibility index (Phi) is 1.94. The molecule has 2 aromatic rings. The normalized spacial score (nSPS) is 10.3. The number of nitrogens with zero attached hydrogens (tertiary/aromatic N) is 5. The Morgan fingerprint density at radius 3 is 2.85 bits per heavy atom. The Labute approximate surface area is 79.4 Å². The summed E-state index contributed by atoms with van der Waals surface area (Å²) in [5.41, 5.74) is 1.41. The van der Waals surface area contributed by atoms with Crippen molar-refractivity contribution in [3.05, 3.63) is 23.7 Å². The van der Waals surface area contributed by atoms with Crippen LogP contribution in [0, 0.1) is 0 Å². The second kappa shape index (κ2) is 3.10. The Balaban J connectivity index is 2.59. The molecule has 0 N–H and O–H groups in total. The van der Waals surface area contributed by atoms with E-state index in [-0.39, 0.29) is 0 Å². The minimum Gasteiger partial charge on any atom is -0.246 e. The summed E-state index contributed by atoms with van der Waals surface area (Å²) in [6.07, 6.45) is 4.58. The van der Waals surface area contributed by atoms with E-state index in [9.17, 15) is 0 Å². The van der Waals surface area contributed by atoms with E-state index in [0.29, 0.717) is 10.7 Å². The fourth-order valence-corrected chi connectivity index (χ4v) is 1.21. The Bertz CT molecular complexity index is 424. The van der Waals surface area contributed by atoms with Crippen LogP contribution in [0.25, 0.3) is 11.4 Å². The number of aromatic nitrogens is 5. The molecule has 0 bridgehead atoms. The predicted molar refractivity (Wildman–Crippen MR) is 47.0 cm³/mol. The maximum absolute atomic E-state index is 5.89. The van der Waals surface area contributed by atoms with E-state index in [1.54, 1.807) is 17.9 Å². The Morgan fingerprint density at radius 2 is 2.23 bits per heavy atom. The Morgan fingerprint density at radius 1 is 1.38 bits per heavy atom. The molecular formula is C7H6ClN5. The highest BCUT2D eigenvalue weighted by Gasteiger charge is 2.08. The molecule has 66 valence electrons. The summed E-state index contributed by atoms with van der Waals surface area (Å²) in [7, 11) is 1.78. The third-order valence-electron chi connectivity index (χ3n) is 1.62. The average Bonchev–Trinajstić information content (AvgIpc) is 2.52. The lowest BCUT2D eigenvalue weighted by atomic mass is 10.3. The molecule has 0 aliphatic carbocycles. The number of rotatable bonds is 1. The van der Waals surface area contributed by atoms with Gasteiger partial charge in [0.05, 0.1) is 11.2 Å². The van der Waals surface area contributed by atoms with Gasteiger partial charge in [-0.05, 0) is 0 Å². The first kappa shape index (κ1) is 8.12. The summed E-state index contributed by atoms with van der Waals surface area (Å²) < 4.78 is 1.61. The van der Waals surface area contributed by atoms with Crippen molar-refractivity contribution in [1.29, 1.82) is 0 Å². The zero-order valence-electron chi connectivity index (χ0n) is 6.85. The van der Waals surface area contributed by atoms with Crippen LogP contribution in [0.5, 0.6) is 0 Å². The molecule has 0 spiro atoms. The maximum Gasteiger partial charge on any atom is 0.116 e. The van der Waals surface area contributed by atoms with E-state index in [1.165, 1.54) is 12.5 Å². The molecule has 0 saturated heterocycles. The number of aryl methyl sites for hydroxylation is 1. The van der Waals surface area contributed by atoms with Crippen molar-refractivity contribution in [1.82, 2.24) is 25.0 Å². The highest BCUT2D eigenvalue weighted by atomic mass is 35.5. The number of halogens is 1. The molecule has 0 aliphatic rings. The summed E-state index contributed by atoms with van der Waals surface area (Å²) in [6, 6.07) is 0. The lowest BCUT2D eigenvalue weighted by Gasteiger charge is -2.00. The lowest BCUT2D eigenvalue weighted by Crippen LogP contribution is -1.96. The van der Waals surface area contributed by atoms with Gasteiger partial charge in [-0.15, -0.1) is 5.10 Å². The zero-order valence-corrected chi connectivity index (χ0v) is 7.60.